The van der Waals surface area contributed by atoms with Gasteiger partial charge in [0.2, 0.25) is 10.0 Å². The van der Waals surface area contributed by atoms with Crippen molar-refractivity contribution in [2.75, 3.05) is 7.05 Å². The van der Waals surface area contributed by atoms with E-state index in [9.17, 15) is 13.2 Å². The molecule has 1 aliphatic carbocycles. The van der Waals surface area contributed by atoms with E-state index in [0.717, 1.165) is 24.8 Å². The predicted molar refractivity (Wildman–Crippen MR) is 99.8 cm³/mol. The van der Waals surface area contributed by atoms with Gasteiger partial charge in [0, 0.05) is 32.3 Å². The van der Waals surface area contributed by atoms with Gasteiger partial charge >= 0.3 is 5.69 Å². The Hall–Kier alpha value is -2.13. The monoisotopic (exact) mass is 377 g/mol. The second kappa shape index (κ2) is 5.68. The van der Waals surface area contributed by atoms with Gasteiger partial charge in [-0.1, -0.05) is 0 Å². The lowest BCUT2D eigenvalue weighted by Crippen LogP contribution is -2.34. The van der Waals surface area contributed by atoms with Crippen molar-refractivity contribution in [3.05, 3.63) is 28.7 Å². The maximum atomic E-state index is 12.7. The Morgan fingerprint density at radius 3 is 2.62 bits per heavy atom. The molecule has 8 nitrogen and oxygen atoms in total. The van der Waals surface area contributed by atoms with Crippen LogP contribution in [0.5, 0.6) is 0 Å². The van der Waals surface area contributed by atoms with Gasteiger partial charge in [-0.2, -0.15) is 5.10 Å². The van der Waals surface area contributed by atoms with Gasteiger partial charge in [-0.05, 0) is 38.0 Å². The third-order valence-electron chi connectivity index (χ3n) is 5.37. The van der Waals surface area contributed by atoms with Gasteiger partial charge in [-0.15, -0.1) is 0 Å². The maximum Gasteiger partial charge on any atom is 0.328 e. The molecule has 0 bridgehead atoms. The Bertz CT molecular complexity index is 1060. The van der Waals surface area contributed by atoms with Crippen LogP contribution in [0.4, 0.5) is 0 Å². The van der Waals surface area contributed by atoms with Crippen LogP contribution < -0.4 is 10.4 Å². The number of aryl methyl sites for hydroxylation is 1. The molecule has 1 fully saturated rings. The summed E-state index contributed by atoms with van der Waals surface area (Å²) in [6.45, 7) is 2.41. The number of likely N-dealkylation sites (N-methyl/N-ethyl adjacent to an activating group) is 1. The van der Waals surface area contributed by atoms with E-state index < -0.39 is 10.0 Å². The highest BCUT2D eigenvalue weighted by Gasteiger charge is 2.41. The molecule has 1 atom stereocenters. The molecule has 2 aliphatic rings. The van der Waals surface area contributed by atoms with Gasteiger partial charge in [0.1, 0.15) is 0 Å². The number of hydrazone groups is 1. The lowest BCUT2D eigenvalue weighted by molar-refractivity contribution is 0.258. The number of rotatable bonds is 5. The van der Waals surface area contributed by atoms with E-state index in [2.05, 4.69) is 9.82 Å². The van der Waals surface area contributed by atoms with E-state index >= 15 is 0 Å². The zero-order chi connectivity index (χ0) is 18.7. The van der Waals surface area contributed by atoms with Crippen molar-refractivity contribution in [1.82, 2.24) is 18.9 Å². The first-order valence-electron chi connectivity index (χ1n) is 8.69. The van der Waals surface area contributed by atoms with Crippen LogP contribution in [0.15, 0.2) is 33.0 Å². The molecule has 0 spiro atoms. The van der Waals surface area contributed by atoms with E-state index in [1.54, 1.807) is 29.8 Å². The second-order valence-electron chi connectivity index (χ2n) is 7.53. The van der Waals surface area contributed by atoms with E-state index in [-0.39, 0.29) is 22.2 Å². The van der Waals surface area contributed by atoms with Crippen LogP contribution in [0.3, 0.4) is 0 Å². The minimum absolute atomic E-state index is 0.123. The van der Waals surface area contributed by atoms with Crippen molar-refractivity contribution in [3.8, 4) is 0 Å². The minimum atomic E-state index is -3.60. The first-order chi connectivity index (χ1) is 12.2. The topological polar surface area (TPSA) is 88.7 Å². The fourth-order valence-corrected chi connectivity index (χ4v) is 4.84. The van der Waals surface area contributed by atoms with Crippen LogP contribution in [0, 0.1) is 0 Å². The lowest BCUT2D eigenvalue weighted by atomic mass is 10.2. The first kappa shape index (κ1) is 17.3. The molecule has 2 heterocycles. The largest absolute Gasteiger partial charge is 0.328 e. The Morgan fingerprint density at radius 1 is 1.27 bits per heavy atom. The predicted octanol–water partition coefficient (Wildman–Crippen LogP) is 0.861. The summed E-state index contributed by atoms with van der Waals surface area (Å²) in [4.78, 5) is 12.9. The SMILES string of the molecule is CN1N=CCC1Cn1c(=O)n(C)c2cc(S(=O)(=O)NC3(C)CC3)ccc21. The number of fused-ring (bicyclic) bond motifs is 1. The number of nitrogens with one attached hydrogen (secondary N) is 1. The third kappa shape index (κ3) is 2.84. The molecule has 1 aromatic heterocycles. The van der Waals surface area contributed by atoms with Crippen LogP contribution in [0.2, 0.25) is 0 Å². The molecule has 1 N–H and O–H groups in total. The van der Waals surface area contributed by atoms with Gasteiger partial charge in [0.05, 0.1) is 28.5 Å². The average molecular weight is 377 g/mol. The summed E-state index contributed by atoms with van der Waals surface area (Å²) < 4.78 is 31.2. The fourth-order valence-electron chi connectivity index (χ4n) is 3.35. The molecule has 140 valence electrons. The molecule has 0 amide bonds. The van der Waals surface area contributed by atoms with Crippen LogP contribution in [0.25, 0.3) is 11.0 Å². The molecule has 9 heteroatoms. The Balaban J connectivity index is 1.73. The summed E-state index contributed by atoms with van der Waals surface area (Å²) in [5.41, 5.74) is 0.852. The van der Waals surface area contributed by atoms with Crippen molar-refractivity contribution in [2.24, 2.45) is 12.1 Å². The molecule has 1 saturated carbocycles. The smallest absolute Gasteiger partial charge is 0.295 e. The molecule has 1 aliphatic heterocycles. The van der Waals surface area contributed by atoms with Gasteiger partial charge in [-0.25, -0.2) is 17.9 Å². The highest BCUT2D eigenvalue weighted by molar-refractivity contribution is 7.89. The summed E-state index contributed by atoms with van der Waals surface area (Å²) in [6.07, 6.45) is 4.32. The number of hydrogen-bond donors (Lipinski definition) is 1. The normalized spacial score (nSPS) is 21.7. The number of hydrogen-bond acceptors (Lipinski definition) is 5. The standard InChI is InChI=1S/C17H23N5O3S/c1-17(7-8-17)19-26(24,25)13-4-5-14-15(10-13)20(2)16(23)22(14)11-12-6-9-18-21(12)3/h4-5,9-10,12,19H,6-8,11H2,1-3H3. The third-order valence-corrected chi connectivity index (χ3v) is 7.01. The molecule has 26 heavy (non-hydrogen) atoms. The quantitative estimate of drug-likeness (QED) is 0.837. The van der Waals surface area contributed by atoms with Crippen LogP contribution >= 0.6 is 0 Å². The number of benzene rings is 1. The highest BCUT2D eigenvalue weighted by Crippen LogP contribution is 2.36. The summed E-state index contributed by atoms with van der Waals surface area (Å²) in [5, 5.41) is 6.07. The number of imidazole rings is 1. The maximum absolute atomic E-state index is 12.7. The molecular weight excluding hydrogens is 354 g/mol. The van der Waals surface area contributed by atoms with Crippen molar-refractivity contribution >= 4 is 27.3 Å². The Labute approximate surface area is 152 Å². The lowest BCUT2D eigenvalue weighted by Gasteiger charge is -2.19. The first-order valence-corrected chi connectivity index (χ1v) is 10.2. The molecule has 0 saturated heterocycles. The summed E-state index contributed by atoms with van der Waals surface area (Å²) >= 11 is 0. The van der Waals surface area contributed by atoms with Crippen LogP contribution in [-0.4, -0.2) is 47.4 Å². The van der Waals surface area contributed by atoms with Crippen molar-refractivity contribution in [3.63, 3.8) is 0 Å². The molecule has 1 aromatic carbocycles. The van der Waals surface area contributed by atoms with E-state index in [4.69, 9.17) is 0 Å². The van der Waals surface area contributed by atoms with Gasteiger partial charge < -0.3 is 0 Å². The number of sulfonamides is 1. The van der Waals surface area contributed by atoms with E-state index in [1.807, 2.05) is 25.2 Å². The van der Waals surface area contributed by atoms with Gasteiger partial charge in [0.25, 0.3) is 0 Å². The molecular formula is C17H23N5O3S. The van der Waals surface area contributed by atoms with E-state index in [1.165, 1.54) is 4.57 Å². The second-order valence-corrected chi connectivity index (χ2v) is 9.21. The van der Waals surface area contributed by atoms with Gasteiger partial charge in [0.15, 0.2) is 0 Å². The van der Waals surface area contributed by atoms with Crippen molar-refractivity contribution in [2.45, 2.75) is 49.2 Å². The van der Waals surface area contributed by atoms with Gasteiger partial charge in [-0.3, -0.25) is 14.1 Å². The van der Waals surface area contributed by atoms with Crippen LogP contribution in [0.1, 0.15) is 26.2 Å². The van der Waals surface area contributed by atoms with Crippen LogP contribution in [-0.2, 0) is 23.6 Å². The zero-order valence-electron chi connectivity index (χ0n) is 15.1. The van der Waals surface area contributed by atoms with Crippen molar-refractivity contribution < 1.29 is 8.42 Å². The Morgan fingerprint density at radius 2 is 2.00 bits per heavy atom. The van der Waals surface area contributed by atoms with Crippen molar-refractivity contribution in [1.29, 1.82) is 0 Å². The zero-order valence-corrected chi connectivity index (χ0v) is 16.0. The summed E-state index contributed by atoms with van der Waals surface area (Å²) in [6, 6.07) is 4.99. The molecule has 0 radical (unpaired) electrons. The molecule has 4 rings (SSSR count). The summed E-state index contributed by atoms with van der Waals surface area (Å²) in [5.74, 6) is 0. The Kier molecular flexibility index (Phi) is 3.78. The number of aromatic nitrogens is 2. The summed E-state index contributed by atoms with van der Waals surface area (Å²) in [7, 11) is -0.0446. The minimum Gasteiger partial charge on any atom is -0.295 e. The number of nitrogens with zero attached hydrogens (tertiary/aromatic N) is 4. The molecule has 1 unspecified atom stereocenters. The molecule has 2 aromatic rings. The fraction of sp³-hybridized carbons (Fsp3) is 0.529. The van der Waals surface area contributed by atoms with E-state index in [0.29, 0.717) is 12.1 Å². The average Bonchev–Trinajstić information content (AvgIpc) is 3.08. The highest BCUT2D eigenvalue weighted by atomic mass is 32.2.